The lowest BCUT2D eigenvalue weighted by Crippen LogP contribution is -2.12. The molecule has 0 spiro atoms. The van der Waals surface area contributed by atoms with Gasteiger partial charge in [-0.25, -0.2) is 15.0 Å². The van der Waals surface area contributed by atoms with Crippen molar-refractivity contribution in [2.45, 2.75) is 0 Å². The zero-order valence-corrected chi connectivity index (χ0v) is 15.3. The molecule has 3 heterocycles. The maximum atomic E-state index is 12.7. The predicted octanol–water partition coefficient (Wildman–Crippen LogP) is 3.29. The number of nitrogens with one attached hydrogen (secondary N) is 2. The van der Waals surface area contributed by atoms with Gasteiger partial charge in [-0.1, -0.05) is 0 Å². The van der Waals surface area contributed by atoms with Crippen molar-refractivity contribution in [1.82, 2.24) is 19.9 Å². The highest BCUT2D eigenvalue weighted by molar-refractivity contribution is 6.11. The number of methoxy groups -OCH3 is 2. The number of carbonyl (C=O) groups excluding carboxylic acids is 1. The molecule has 0 fully saturated rings. The molecule has 1 aromatic carbocycles. The lowest BCUT2D eigenvalue weighted by molar-refractivity contribution is 0.102. The van der Waals surface area contributed by atoms with Gasteiger partial charge in [-0.3, -0.25) is 4.79 Å². The third-order valence-corrected chi connectivity index (χ3v) is 4.20. The monoisotopic (exact) mass is 375 g/mol. The zero-order valence-electron chi connectivity index (χ0n) is 15.3. The van der Waals surface area contributed by atoms with Gasteiger partial charge >= 0.3 is 0 Å². The highest BCUT2D eigenvalue weighted by Crippen LogP contribution is 2.24. The third kappa shape index (κ3) is 3.35. The maximum Gasteiger partial charge on any atom is 0.258 e. The molecule has 0 atom stereocenters. The number of hydrogen-bond acceptors (Lipinski definition) is 6. The van der Waals surface area contributed by atoms with Crippen LogP contribution in [0.3, 0.4) is 0 Å². The van der Waals surface area contributed by atoms with Crippen LogP contribution in [-0.4, -0.2) is 40.1 Å². The Morgan fingerprint density at radius 3 is 2.50 bits per heavy atom. The molecule has 28 heavy (non-hydrogen) atoms. The molecule has 8 nitrogen and oxygen atoms in total. The van der Waals surface area contributed by atoms with Crippen LogP contribution in [0, 0.1) is 0 Å². The Hall–Kier alpha value is -3.94. The number of nitrogens with zero attached hydrogens (tertiary/aromatic N) is 3. The predicted molar refractivity (Wildman–Crippen MR) is 105 cm³/mol. The second-order valence-corrected chi connectivity index (χ2v) is 5.91. The molecule has 4 aromatic rings. The van der Waals surface area contributed by atoms with Crippen molar-refractivity contribution in [3.63, 3.8) is 0 Å². The number of H-pyrrole nitrogens is 1. The molecule has 0 aliphatic carbocycles. The van der Waals surface area contributed by atoms with Gasteiger partial charge in [-0.05, 0) is 36.4 Å². The van der Waals surface area contributed by atoms with Crippen molar-refractivity contribution in [2.75, 3.05) is 19.5 Å². The number of aromatic amines is 1. The first-order chi connectivity index (χ1) is 13.7. The molecule has 0 aliphatic rings. The summed E-state index contributed by atoms with van der Waals surface area (Å²) in [5.41, 5.74) is 2.86. The topological polar surface area (TPSA) is 102 Å². The highest BCUT2D eigenvalue weighted by Gasteiger charge is 2.16. The van der Waals surface area contributed by atoms with E-state index in [1.54, 1.807) is 31.5 Å². The van der Waals surface area contributed by atoms with E-state index in [9.17, 15) is 4.79 Å². The van der Waals surface area contributed by atoms with Gasteiger partial charge in [0.05, 0.1) is 31.7 Å². The van der Waals surface area contributed by atoms with Crippen molar-refractivity contribution in [3.8, 4) is 23.0 Å². The molecule has 2 N–H and O–H groups in total. The van der Waals surface area contributed by atoms with E-state index in [1.807, 2.05) is 24.3 Å². The van der Waals surface area contributed by atoms with Crippen molar-refractivity contribution in [2.24, 2.45) is 0 Å². The number of amides is 1. The minimum Gasteiger partial charge on any atom is -0.497 e. The van der Waals surface area contributed by atoms with Gasteiger partial charge in [-0.2, -0.15) is 0 Å². The molecule has 0 radical (unpaired) electrons. The van der Waals surface area contributed by atoms with E-state index in [4.69, 9.17) is 9.47 Å². The molecule has 0 saturated heterocycles. The smallest absolute Gasteiger partial charge is 0.258 e. The summed E-state index contributed by atoms with van der Waals surface area (Å²) in [6.07, 6.45) is 3.10. The second kappa shape index (κ2) is 7.36. The number of ether oxygens (including phenoxy) is 2. The van der Waals surface area contributed by atoms with Gasteiger partial charge < -0.3 is 19.8 Å². The average Bonchev–Trinajstić information content (AvgIpc) is 3.18. The van der Waals surface area contributed by atoms with Gasteiger partial charge in [0.25, 0.3) is 5.91 Å². The summed E-state index contributed by atoms with van der Waals surface area (Å²) in [6, 6.07) is 12.5. The fraction of sp³-hybridized carbons (Fsp3) is 0.100. The molecule has 3 aromatic heterocycles. The first-order valence-electron chi connectivity index (χ1n) is 8.48. The Morgan fingerprint density at radius 1 is 1.00 bits per heavy atom. The van der Waals surface area contributed by atoms with Gasteiger partial charge in [0.15, 0.2) is 5.65 Å². The summed E-state index contributed by atoms with van der Waals surface area (Å²) < 4.78 is 10.2. The number of hydrogen-bond donors (Lipinski definition) is 2. The number of fused-ring (bicyclic) bond motifs is 1. The molecule has 0 aliphatic heterocycles. The molecule has 0 saturated carbocycles. The SMILES string of the molecule is COc1ccc(-c2nc3c(C(=O)Nc4ccc(OC)nc4)ccnc3[nH]2)cc1. The van der Waals surface area contributed by atoms with E-state index in [0.717, 1.165) is 11.3 Å². The summed E-state index contributed by atoms with van der Waals surface area (Å²) in [6.45, 7) is 0. The maximum absolute atomic E-state index is 12.7. The fourth-order valence-corrected chi connectivity index (χ4v) is 2.75. The first-order valence-corrected chi connectivity index (χ1v) is 8.48. The van der Waals surface area contributed by atoms with Crippen LogP contribution in [0.5, 0.6) is 11.6 Å². The Bertz CT molecular complexity index is 1120. The quantitative estimate of drug-likeness (QED) is 0.555. The highest BCUT2D eigenvalue weighted by atomic mass is 16.5. The lowest BCUT2D eigenvalue weighted by Gasteiger charge is -2.06. The van der Waals surface area contributed by atoms with Crippen LogP contribution >= 0.6 is 0 Å². The Labute approximate surface area is 160 Å². The minimum absolute atomic E-state index is 0.299. The van der Waals surface area contributed by atoms with Crippen molar-refractivity contribution < 1.29 is 14.3 Å². The second-order valence-electron chi connectivity index (χ2n) is 5.91. The number of aromatic nitrogens is 4. The van der Waals surface area contributed by atoms with Gasteiger partial charge in [0.1, 0.15) is 17.1 Å². The molecule has 8 heteroatoms. The molecule has 140 valence electrons. The van der Waals surface area contributed by atoms with Crippen LogP contribution in [0.4, 0.5) is 5.69 Å². The van der Waals surface area contributed by atoms with Crippen molar-refractivity contribution in [1.29, 1.82) is 0 Å². The van der Waals surface area contributed by atoms with Crippen molar-refractivity contribution >= 4 is 22.8 Å². The molecule has 0 bridgehead atoms. The van der Waals surface area contributed by atoms with E-state index in [2.05, 4.69) is 25.3 Å². The summed E-state index contributed by atoms with van der Waals surface area (Å²) in [4.78, 5) is 28.8. The van der Waals surface area contributed by atoms with Gasteiger partial charge in [0, 0.05) is 17.8 Å². The standard InChI is InChI=1S/C20H17N5O3/c1-27-14-6-3-12(4-7-14)18-24-17-15(9-10-21-19(17)25-18)20(26)23-13-5-8-16(28-2)22-11-13/h3-11H,1-2H3,(H,23,26)(H,21,24,25). The van der Waals surface area contributed by atoms with Gasteiger partial charge in [0.2, 0.25) is 5.88 Å². The minimum atomic E-state index is -0.299. The fourth-order valence-electron chi connectivity index (χ4n) is 2.75. The summed E-state index contributed by atoms with van der Waals surface area (Å²) in [5, 5.41) is 2.81. The van der Waals surface area contributed by atoms with E-state index >= 15 is 0 Å². The van der Waals surface area contributed by atoms with E-state index in [1.165, 1.54) is 13.3 Å². The normalized spacial score (nSPS) is 10.6. The molecular weight excluding hydrogens is 358 g/mol. The Balaban J connectivity index is 1.64. The van der Waals surface area contributed by atoms with Crippen LogP contribution in [0.15, 0.2) is 54.9 Å². The van der Waals surface area contributed by atoms with E-state index in [0.29, 0.717) is 34.1 Å². The van der Waals surface area contributed by atoms with E-state index < -0.39 is 0 Å². The largest absolute Gasteiger partial charge is 0.497 e. The average molecular weight is 375 g/mol. The molecule has 1 amide bonds. The first kappa shape index (κ1) is 17.5. The summed E-state index contributed by atoms with van der Waals surface area (Å²) >= 11 is 0. The van der Waals surface area contributed by atoms with Crippen molar-refractivity contribution in [3.05, 3.63) is 60.4 Å². The van der Waals surface area contributed by atoms with Crippen LogP contribution in [0.1, 0.15) is 10.4 Å². The summed E-state index contributed by atoms with van der Waals surface area (Å²) in [7, 11) is 3.15. The molecule has 0 unspecified atom stereocenters. The van der Waals surface area contributed by atoms with Crippen LogP contribution in [-0.2, 0) is 0 Å². The number of pyridine rings is 2. The number of benzene rings is 1. The zero-order chi connectivity index (χ0) is 19.5. The third-order valence-electron chi connectivity index (χ3n) is 4.20. The molecular formula is C20H17N5O3. The molecule has 4 rings (SSSR count). The Kier molecular flexibility index (Phi) is 4.59. The summed E-state index contributed by atoms with van der Waals surface area (Å²) in [5.74, 6) is 1.55. The number of rotatable bonds is 5. The Morgan fingerprint density at radius 2 is 1.82 bits per heavy atom. The van der Waals surface area contributed by atoms with Gasteiger partial charge in [-0.15, -0.1) is 0 Å². The number of anilines is 1. The van der Waals surface area contributed by atoms with Crippen LogP contribution in [0.2, 0.25) is 0 Å². The van der Waals surface area contributed by atoms with Crippen LogP contribution in [0.25, 0.3) is 22.6 Å². The number of carbonyl (C=O) groups is 1. The van der Waals surface area contributed by atoms with E-state index in [-0.39, 0.29) is 5.91 Å². The van der Waals surface area contributed by atoms with Crippen LogP contribution < -0.4 is 14.8 Å². The lowest BCUT2D eigenvalue weighted by atomic mass is 10.2. The number of imidazole rings is 1.